The van der Waals surface area contributed by atoms with Crippen molar-refractivity contribution >= 4 is 23.3 Å². The fourth-order valence-corrected chi connectivity index (χ4v) is 4.21. The molecule has 2 fully saturated rings. The minimum Gasteiger partial charge on any atom is -0.475 e. The van der Waals surface area contributed by atoms with Crippen LogP contribution in [-0.2, 0) is 32.2 Å². The van der Waals surface area contributed by atoms with E-state index < -0.39 is 24.3 Å². The average molecular weight is 562 g/mol. The molecule has 37 heavy (non-hydrogen) atoms. The zero-order valence-electron chi connectivity index (χ0n) is 19.3. The predicted octanol–water partition coefficient (Wildman–Crippen LogP) is 4.26. The van der Waals surface area contributed by atoms with E-state index in [4.69, 9.17) is 33.7 Å². The SMILES string of the molecule is Cc1nc(CO[C@@H]2CN(Cc3ccoc3)[C@@H]3CCCO[C@@H]32)cs1.O=C(O)C(F)(F)F.O=C(O)C(F)(F)F. The van der Waals surface area contributed by atoms with Crippen LogP contribution in [0.2, 0.25) is 0 Å². The van der Waals surface area contributed by atoms with Gasteiger partial charge < -0.3 is 24.1 Å². The molecule has 2 aromatic heterocycles. The van der Waals surface area contributed by atoms with E-state index in [1.165, 1.54) is 12.0 Å². The average Bonchev–Trinajstić information content (AvgIpc) is 3.54. The van der Waals surface area contributed by atoms with Crippen LogP contribution in [-0.4, -0.2) is 75.8 Å². The van der Waals surface area contributed by atoms with Gasteiger partial charge in [-0.25, -0.2) is 14.6 Å². The van der Waals surface area contributed by atoms with Gasteiger partial charge in [-0.1, -0.05) is 0 Å². The monoisotopic (exact) mass is 562 g/mol. The van der Waals surface area contributed by atoms with Gasteiger partial charge in [0.25, 0.3) is 0 Å². The number of carbonyl (C=O) groups is 2. The molecule has 3 atom stereocenters. The lowest BCUT2D eigenvalue weighted by Crippen LogP contribution is -2.41. The molecule has 0 amide bonds. The number of thiazole rings is 1. The molecule has 0 spiro atoms. The minimum absolute atomic E-state index is 0.120. The Bertz CT molecular complexity index is 972. The fourth-order valence-electron chi connectivity index (χ4n) is 3.62. The molecule has 16 heteroatoms. The molecule has 0 saturated carbocycles. The van der Waals surface area contributed by atoms with E-state index in [1.54, 1.807) is 17.6 Å². The maximum absolute atomic E-state index is 10.6. The number of carboxylic acid groups (broad SMARTS) is 2. The zero-order valence-corrected chi connectivity index (χ0v) is 20.1. The third-order valence-corrected chi connectivity index (χ3v) is 5.97. The Labute approximate surface area is 210 Å². The second-order valence-electron chi connectivity index (χ2n) is 7.92. The minimum atomic E-state index is -5.08. The number of hydrogen-bond donors (Lipinski definition) is 2. The van der Waals surface area contributed by atoms with Crippen LogP contribution in [0.5, 0.6) is 0 Å². The molecule has 2 saturated heterocycles. The van der Waals surface area contributed by atoms with Crippen LogP contribution in [0.4, 0.5) is 26.3 Å². The number of alkyl halides is 6. The molecule has 2 aliphatic heterocycles. The molecular formula is C21H24F6N2O7S. The van der Waals surface area contributed by atoms with E-state index in [2.05, 4.69) is 15.3 Å². The van der Waals surface area contributed by atoms with Crippen molar-refractivity contribution < 1.29 is 60.0 Å². The highest BCUT2D eigenvalue weighted by Crippen LogP contribution is 2.32. The second-order valence-corrected chi connectivity index (χ2v) is 8.98. The molecule has 2 aromatic rings. The van der Waals surface area contributed by atoms with E-state index in [0.717, 1.165) is 36.8 Å². The van der Waals surface area contributed by atoms with Gasteiger partial charge in [0.15, 0.2) is 0 Å². The fraction of sp³-hybridized carbons (Fsp3) is 0.571. The Balaban J connectivity index is 0.000000286. The van der Waals surface area contributed by atoms with Crippen LogP contribution in [0.3, 0.4) is 0 Å². The number of fused-ring (bicyclic) bond motifs is 1. The number of rotatable bonds is 5. The summed E-state index contributed by atoms with van der Waals surface area (Å²) in [6.07, 6.45) is -4.01. The third-order valence-electron chi connectivity index (χ3n) is 5.15. The van der Waals surface area contributed by atoms with Crippen molar-refractivity contribution in [3.8, 4) is 0 Å². The number of nitrogens with zero attached hydrogens (tertiary/aromatic N) is 2. The van der Waals surface area contributed by atoms with E-state index in [-0.39, 0.29) is 12.2 Å². The first-order chi connectivity index (χ1) is 17.2. The number of carboxylic acids is 2. The van der Waals surface area contributed by atoms with E-state index in [1.807, 2.05) is 19.3 Å². The summed E-state index contributed by atoms with van der Waals surface area (Å²) in [5.74, 6) is -5.51. The number of halogens is 6. The van der Waals surface area contributed by atoms with Gasteiger partial charge in [0.05, 0.1) is 35.9 Å². The zero-order chi connectivity index (χ0) is 27.8. The Morgan fingerprint density at radius 2 is 1.81 bits per heavy atom. The van der Waals surface area contributed by atoms with Crippen LogP contribution < -0.4 is 0 Å². The molecule has 0 bridgehead atoms. The lowest BCUT2D eigenvalue weighted by Gasteiger charge is -2.32. The number of likely N-dealkylation sites (tertiary alicyclic amines) is 1. The number of hydrogen-bond acceptors (Lipinski definition) is 8. The normalized spacial score (nSPS) is 21.8. The number of aryl methyl sites for hydroxylation is 1. The summed E-state index contributed by atoms with van der Waals surface area (Å²) in [7, 11) is 0. The Morgan fingerprint density at radius 3 is 2.30 bits per heavy atom. The van der Waals surface area contributed by atoms with Gasteiger partial charge in [-0.15, -0.1) is 11.3 Å². The lowest BCUT2D eigenvalue weighted by molar-refractivity contribution is -0.193. The van der Waals surface area contributed by atoms with Gasteiger partial charge in [0.1, 0.15) is 6.10 Å². The summed E-state index contributed by atoms with van der Waals surface area (Å²) < 4.78 is 80.9. The number of aliphatic carboxylic acids is 2. The maximum atomic E-state index is 10.6. The highest BCUT2D eigenvalue weighted by atomic mass is 32.1. The predicted molar refractivity (Wildman–Crippen MR) is 115 cm³/mol. The molecule has 0 radical (unpaired) electrons. The first-order valence-electron chi connectivity index (χ1n) is 10.7. The Hall–Kier alpha value is -2.69. The van der Waals surface area contributed by atoms with E-state index >= 15 is 0 Å². The molecule has 4 heterocycles. The summed E-state index contributed by atoms with van der Waals surface area (Å²) in [6, 6.07) is 2.48. The summed E-state index contributed by atoms with van der Waals surface area (Å²) in [6.45, 7) is 5.24. The van der Waals surface area contributed by atoms with Gasteiger partial charge >= 0.3 is 24.3 Å². The quantitative estimate of drug-likeness (QED) is 0.515. The topological polar surface area (TPSA) is 122 Å². The largest absolute Gasteiger partial charge is 0.490 e. The highest BCUT2D eigenvalue weighted by Gasteiger charge is 2.44. The van der Waals surface area contributed by atoms with Crippen LogP contribution in [0, 0.1) is 6.92 Å². The second kappa shape index (κ2) is 13.2. The van der Waals surface area contributed by atoms with Crippen molar-refractivity contribution in [1.82, 2.24) is 9.88 Å². The first-order valence-corrected chi connectivity index (χ1v) is 11.6. The van der Waals surface area contributed by atoms with Gasteiger partial charge in [0.2, 0.25) is 0 Å². The first kappa shape index (κ1) is 30.5. The molecule has 208 valence electrons. The molecule has 4 rings (SSSR count). The molecule has 2 N–H and O–H groups in total. The van der Waals surface area contributed by atoms with E-state index in [9.17, 15) is 26.3 Å². The summed E-state index contributed by atoms with van der Waals surface area (Å²) in [5, 5.41) is 17.4. The van der Waals surface area contributed by atoms with Gasteiger partial charge in [-0.05, 0) is 25.8 Å². The maximum Gasteiger partial charge on any atom is 0.490 e. The van der Waals surface area contributed by atoms with Crippen molar-refractivity contribution in [3.63, 3.8) is 0 Å². The third kappa shape index (κ3) is 9.94. The molecule has 0 aromatic carbocycles. The van der Waals surface area contributed by atoms with Gasteiger partial charge in [-0.3, -0.25) is 4.90 Å². The lowest BCUT2D eigenvalue weighted by atomic mass is 10.0. The Kier molecular flexibility index (Phi) is 10.9. The van der Waals surface area contributed by atoms with Crippen molar-refractivity contribution in [2.45, 2.75) is 63.5 Å². The van der Waals surface area contributed by atoms with Crippen LogP contribution >= 0.6 is 11.3 Å². The highest BCUT2D eigenvalue weighted by molar-refractivity contribution is 7.09. The standard InChI is InChI=1S/C17H22N2O3S.2C2HF3O2/c1-12-18-14(11-23-12)10-22-16-8-19(7-13-4-6-20-9-13)15-3-2-5-21-17(15)16;2*3-2(4,5)1(6)7/h4,6,9,11,15-17H,2-3,5,7-8,10H2,1H3;2*(H,6,7)/t15-,16-,17+;;/m1../s1. The summed E-state index contributed by atoms with van der Waals surface area (Å²) in [4.78, 5) is 24.8. The van der Waals surface area contributed by atoms with Crippen molar-refractivity contribution in [2.24, 2.45) is 0 Å². The molecule has 9 nitrogen and oxygen atoms in total. The number of ether oxygens (including phenoxy) is 2. The van der Waals surface area contributed by atoms with Crippen molar-refractivity contribution in [2.75, 3.05) is 13.2 Å². The smallest absolute Gasteiger partial charge is 0.475 e. The van der Waals surface area contributed by atoms with Gasteiger partial charge in [-0.2, -0.15) is 26.3 Å². The Morgan fingerprint density at radius 1 is 1.19 bits per heavy atom. The molecular weight excluding hydrogens is 538 g/mol. The van der Waals surface area contributed by atoms with E-state index in [0.29, 0.717) is 12.6 Å². The number of aromatic nitrogens is 1. The number of furan rings is 1. The molecule has 0 aliphatic carbocycles. The summed E-state index contributed by atoms with van der Waals surface area (Å²) >= 11 is 1.67. The van der Waals surface area contributed by atoms with Crippen molar-refractivity contribution in [1.29, 1.82) is 0 Å². The van der Waals surface area contributed by atoms with Crippen LogP contribution in [0.1, 0.15) is 29.1 Å². The van der Waals surface area contributed by atoms with Gasteiger partial charge in [0, 0.05) is 36.7 Å². The molecule has 2 aliphatic rings. The van der Waals surface area contributed by atoms with Crippen LogP contribution in [0.15, 0.2) is 28.4 Å². The molecule has 0 unspecified atom stereocenters. The van der Waals surface area contributed by atoms with Crippen LogP contribution in [0.25, 0.3) is 0 Å². The van der Waals surface area contributed by atoms with Crippen molar-refractivity contribution in [3.05, 3.63) is 40.2 Å². The summed E-state index contributed by atoms with van der Waals surface area (Å²) in [5.41, 5.74) is 2.23.